The van der Waals surface area contributed by atoms with Crippen LogP contribution in [0.1, 0.15) is 11.5 Å². The lowest BCUT2D eigenvalue weighted by molar-refractivity contribution is 0.503. The lowest BCUT2D eigenvalue weighted by Crippen LogP contribution is -2.21. The van der Waals surface area contributed by atoms with Crippen molar-refractivity contribution in [3.63, 3.8) is 0 Å². The average Bonchev–Trinajstić information content (AvgIpc) is 2.66. The van der Waals surface area contributed by atoms with Gasteiger partial charge in [0.15, 0.2) is 0 Å². The Bertz CT molecular complexity index is 316. The molecule has 2 rings (SSSR count). The fourth-order valence-corrected chi connectivity index (χ4v) is 3.46. The average molecular weight is 211 g/mol. The molecule has 1 nitrogen and oxygen atoms in total. The van der Waals surface area contributed by atoms with Gasteiger partial charge in [0.05, 0.1) is 0 Å². The summed E-state index contributed by atoms with van der Waals surface area (Å²) in [6.45, 7) is 0.659. The van der Waals surface area contributed by atoms with E-state index in [2.05, 4.69) is 0 Å². The lowest BCUT2D eigenvalue weighted by Gasteiger charge is -2.17. The molecular formula is C11H14FNS. The summed E-state index contributed by atoms with van der Waals surface area (Å²) < 4.78 is 13.5. The first-order chi connectivity index (χ1) is 6.83. The first-order valence-electron chi connectivity index (χ1n) is 4.85. The van der Waals surface area contributed by atoms with Gasteiger partial charge in [-0.2, -0.15) is 11.8 Å². The normalized spacial score (nSPS) is 26.7. The van der Waals surface area contributed by atoms with E-state index in [4.69, 9.17) is 5.73 Å². The van der Waals surface area contributed by atoms with Crippen molar-refractivity contribution < 1.29 is 4.39 Å². The second-order valence-electron chi connectivity index (χ2n) is 3.66. The second-order valence-corrected chi connectivity index (χ2v) is 4.74. The Kier molecular flexibility index (Phi) is 3.08. The highest BCUT2D eigenvalue weighted by atomic mass is 32.2. The van der Waals surface area contributed by atoms with Crippen molar-refractivity contribution in [1.29, 1.82) is 0 Å². The molecule has 76 valence electrons. The Balaban J connectivity index is 2.26. The van der Waals surface area contributed by atoms with Gasteiger partial charge >= 0.3 is 0 Å². The van der Waals surface area contributed by atoms with Gasteiger partial charge in [-0.25, -0.2) is 4.39 Å². The van der Waals surface area contributed by atoms with Gasteiger partial charge in [0, 0.05) is 11.7 Å². The maximum absolute atomic E-state index is 13.5. The van der Waals surface area contributed by atoms with E-state index in [-0.39, 0.29) is 5.82 Å². The van der Waals surface area contributed by atoms with Gasteiger partial charge in [-0.15, -0.1) is 0 Å². The number of nitrogens with two attached hydrogens (primary N) is 1. The molecule has 0 aliphatic carbocycles. The Labute approximate surface area is 87.9 Å². The van der Waals surface area contributed by atoms with Gasteiger partial charge in [0.25, 0.3) is 0 Å². The van der Waals surface area contributed by atoms with Crippen molar-refractivity contribution in [3.8, 4) is 0 Å². The maximum Gasteiger partial charge on any atom is 0.126 e. The number of benzene rings is 1. The maximum atomic E-state index is 13.5. The molecule has 1 aromatic carbocycles. The summed E-state index contributed by atoms with van der Waals surface area (Å²) in [5, 5.41) is 0. The smallest absolute Gasteiger partial charge is 0.126 e. The number of rotatable bonds is 2. The summed E-state index contributed by atoms with van der Waals surface area (Å²) in [6.07, 6.45) is 0. The second kappa shape index (κ2) is 4.32. The van der Waals surface area contributed by atoms with E-state index >= 15 is 0 Å². The summed E-state index contributed by atoms with van der Waals surface area (Å²) in [5.74, 6) is 2.74. The van der Waals surface area contributed by atoms with Crippen molar-refractivity contribution in [2.45, 2.75) is 5.92 Å². The molecule has 14 heavy (non-hydrogen) atoms. The van der Waals surface area contributed by atoms with Crippen molar-refractivity contribution in [3.05, 3.63) is 35.6 Å². The molecule has 2 N–H and O–H groups in total. The zero-order chi connectivity index (χ0) is 9.97. The molecule has 1 aromatic rings. The van der Waals surface area contributed by atoms with Gasteiger partial charge in [0.1, 0.15) is 5.82 Å². The molecule has 1 saturated heterocycles. The van der Waals surface area contributed by atoms with Crippen molar-refractivity contribution in [2.75, 3.05) is 18.1 Å². The Morgan fingerprint density at radius 3 is 2.86 bits per heavy atom. The Morgan fingerprint density at radius 2 is 2.14 bits per heavy atom. The number of halogens is 1. The van der Waals surface area contributed by atoms with Gasteiger partial charge in [-0.1, -0.05) is 18.2 Å². The van der Waals surface area contributed by atoms with Gasteiger partial charge < -0.3 is 5.73 Å². The minimum Gasteiger partial charge on any atom is -0.330 e. The number of thioether (sulfide) groups is 1. The highest BCUT2D eigenvalue weighted by Gasteiger charge is 2.29. The number of hydrogen-bond acceptors (Lipinski definition) is 2. The van der Waals surface area contributed by atoms with Crippen LogP contribution >= 0.6 is 11.8 Å². The van der Waals surface area contributed by atoms with E-state index in [0.717, 1.165) is 17.1 Å². The molecule has 0 saturated carbocycles. The van der Waals surface area contributed by atoms with Crippen LogP contribution in [0.3, 0.4) is 0 Å². The fraction of sp³-hybridized carbons (Fsp3) is 0.455. The molecular weight excluding hydrogens is 197 g/mol. The van der Waals surface area contributed by atoms with Crippen LogP contribution in [0.4, 0.5) is 4.39 Å². The summed E-state index contributed by atoms with van der Waals surface area (Å²) in [6, 6.07) is 7.05. The van der Waals surface area contributed by atoms with Gasteiger partial charge in [-0.3, -0.25) is 0 Å². The van der Waals surface area contributed by atoms with Crippen molar-refractivity contribution >= 4 is 11.8 Å². The van der Waals surface area contributed by atoms with Gasteiger partial charge in [-0.05, 0) is 29.8 Å². The summed E-state index contributed by atoms with van der Waals surface area (Å²) >= 11 is 1.87. The molecule has 2 unspecified atom stereocenters. The Morgan fingerprint density at radius 1 is 1.36 bits per heavy atom. The van der Waals surface area contributed by atoms with Crippen LogP contribution in [0.5, 0.6) is 0 Å². The SMILES string of the molecule is NCC1CSCC1c1ccccc1F. The van der Waals surface area contributed by atoms with Crippen molar-refractivity contribution in [2.24, 2.45) is 11.7 Å². The predicted octanol–water partition coefficient (Wildman–Crippen LogP) is 2.23. The van der Waals surface area contributed by atoms with E-state index in [9.17, 15) is 4.39 Å². The minimum absolute atomic E-state index is 0.0848. The summed E-state index contributed by atoms with van der Waals surface area (Å²) in [7, 11) is 0. The van der Waals surface area contributed by atoms with E-state index in [1.165, 1.54) is 6.07 Å². The standard InChI is InChI=1S/C11H14FNS/c12-11-4-2-1-3-9(11)10-7-14-6-8(10)5-13/h1-4,8,10H,5-7,13H2. The van der Waals surface area contributed by atoms with Crippen LogP contribution in [-0.4, -0.2) is 18.1 Å². The number of hydrogen-bond donors (Lipinski definition) is 1. The van der Waals surface area contributed by atoms with Crippen LogP contribution in [-0.2, 0) is 0 Å². The molecule has 0 spiro atoms. The first-order valence-corrected chi connectivity index (χ1v) is 6.00. The fourth-order valence-electron chi connectivity index (χ4n) is 1.95. The zero-order valence-corrected chi connectivity index (χ0v) is 8.77. The molecule has 3 heteroatoms. The van der Waals surface area contributed by atoms with E-state index < -0.39 is 0 Å². The van der Waals surface area contributed by atoms with Crippen LogP contribution in [0.25, 0.3) is 0 Å². The van der Waals surface area contributed by atoms with Gasteiger partial charge in [0.2, 0.25) is 0 Å². The largest absolute Gasteiger partial charge is 0.330 e. The lowest BCUT2D eigenvalue weighted by atomic mass is 9.89. The summed E-state index contributed by atoms with van der Waals surface area (Å²) in [4.78, 5) is 0. The summed E-state index contributed by atoms with van der Waals surface area (Å²) in [5.41, 5.74) is 6.52. The molecule has 0 aromatic heterocycles. The van der Waals surface area contributed by atoms with Crippen LogP contribution in [0.2, 0.25) is 0 Å². The molecule has 1 aliphatic rings. The molecule has 0 bridgehead atoms. The van der Waals surface area contributed by atoms with Crippen molar-refractivity contribution in [1.82, 2.24) is 0 Å². The monoisotopic (exact) mass is 211 g/mol. The molecule has 1 fully saturated rings. The highest BCUT2D eigenvalue weighted by molar-refractivity contribution is 7.99. The third kappa shape index (κ3) is 1.79. The third-order valence-corrected chi connectivity index (χ3v) is 4.06. The molecule has 1 aliphatic heterocycles. The molecule has 1 heterocycles. The third-order valence-electron chi connectivity index (χ3n) is 2.81. The first kappa shape index (κ1) is 9.99. The van der Waals surface area contributed by atoms with Crippen LogP contribution < -0.4 is 5.73 Å². The topological polar surface area (TPSA) is 26.0 Å². The predicted molar refractivity (Wildman–Crippen MR) is 59.0 cm³/mol. The quantitative estimate of drug-likeness (QED) is 0.812. The molecule has 2 atom stereocenters. The van der Waals surface area contributed by atoms with E-state index in [1.54, 1.807) is 6.07 Å². The molecule has 0 radical (unpaired) electrons. The minimum atomic E-state index is -0.0848. The molecule has 0 amide bonds. The Hall–Kier alpha value is -0.540. The highest BCUT2D eigenvalue weighted by Crippen LogP contribution is 2.37. The zero-order valence-electron chi connectivity index (χ0n) is 7.95. The van der Waals surface area contributed by atoms with Crippen LogP contribution in [0.15, 0.2) is 24.3 Å². The van der Waals surface area contributed by atoms with E-state index in [0.29, 0.717) is 18.4 Å². The van der Waals surface area contributed by atoms with E-state index in [1.807, 2.05) is 23.9 Å². The van der Waals surface area contributed by atoms with Crippen LogP contribution in [0, 0.1) is 11.7 Å².